The van der Waals surface area contributed by atoms with Gasteiger partial charge in [0, 0.05) is 24.0 Å². The van der Waals surface area contributed by atoms with Crippen LogP contribution in [0.4, 0.5) is 11.4 Å². The van der Waals surface area contributed by atoms with E-state index in [1.807, 2.05) is 73.7 Å². The molecule has 1 saturated heterocycles. The molecule has 0 saturated carbocycles. The normalized spacial score (nSPS) is 21.3. The number of hydrogen-bond acceptors (Lipinski definition) is 4. The molecule has 8 heteroatoms. The Hall–Kier alpha value is -4.43. The first-order valence-electron chi connectivity index (χ1n) is 12.6. The van der Waals surface area contributed by atoms with Crippen LogP contribution in [0, 0.1) is 6.92 Å². The van der Waals surface area contributed by atoms with Crippen molar-refractivity contribution in [3.05, 3.63) is 120 Å². The number of carbonyl (C=O) groups is 1. The minimum atomic E-state index is -4.09. The van der Waals surface area contributed by atoms with E-state index in [9.17, 15) is 13.2 Å². The Morgan fingerprint density at radius 1 is 0.846 bits per heavy atom. The smallest absolute Gasteiger partial charge is 0.283 e. The minimum absolute atomic E-state index is 0.0957. The third-order valence-electron chi connectivity index (χ3n) is 7.56. The monoisotopic (exact) mass is 537 g/mol. The highest BCUT2D eigenvalue weighted by Crippen LogP contribution is 2.60. The summed E-state index contributed by atoms with van der Waals surface area (Å²) >= 11 is 0. The molecule has 2 atom stereocenters. The molecule has 4 aromatic rings. The Labute approximate surface area is 228 Å². The highest BCUT2D eigenvalue weighted by atomic mass is 32.2. The SMILES string of the molecule is COc1ccc(N2/C(=N/S(=O)(=O)c3ccc(C)cc3)[C@H](c3ccccc3)[C@]23C(=O)N(C)c2ccccc23)cc1. The lowest BCUT2D eigenvalue weighted by Gasteiger charge is -2.57. The maximum absolute atomic E-state index is 14.3. The molecule has 196 valence electrons. The molecule has 0 bridgehead atoms. The number of para-hydroxylation sites is 1. The number of rotatable bonds is 5. The van der Waals surface area contributed by atoms with Gasteiger partial charge < -0.3 is 14.5 Å². The van der Waals surface area contributed by atoms with Crippen LogP contribution in [-0.2, 0) is 20.4 Å². The Kier molecular flexibility index (Phi) is 5.80. The lowest BCUT2D eigenvalue weighted by Crippen LogP contribution is -2.71. The highest BCUT2D eigenvalue weighted by molar-refractivity contribution is 7.90. The van der Waals surface area contributed by atoms with E-state index in [1.54, 1.807) is 60.4 Å². The van der Waals surface area contributed by atoms with Crippen molar-refractivity contribution in [3.63, 3.8) is 0 Å². The summed E-state index contributed by atoms with van der Waals surface area (Å²) in [5, 5.41) is 0. The maximum atomic E-state index is 14.3. The molecule has 39 heavy (non-hydrogen) atoms. The van der Waals surface area contributed by atoms with E-state index >= 15 is 0 Å². The number of carbonyl (C=O) groups excluding carboxylic acids is 1. The summed E-state index contributed by atoms with van der Waals surface area (Å²) in [5.41, 5.74) is 2.75. The number of amidine groups is 1. The molecule has 2 aliphatic rings. The number of ether oxygens (including phenoxy) is 1. The number of nitrogens with zero attached hydrogens (tertiary/aromatic N) is 3. The Morgan fingerprint density at radius 3 is 2.15 bits per heavy atom. The second-order valence-electron chi connectivity index (χ2n) is 9.76. The fraction of sp³-hybridized carbons (Fsp3) is 0.161. The minimum Gasteiger partial charge on any atom is -0.497 e. The molecule has 4 aromatic carbocycles. The third kappa shape index (κ3) is 3.66. The second kappa shape index (κ2) is 9.10. The van der Waals surface area contributed by atoms with Gasteiger partial charge in [-0.3, -0.25) is 4.79 Å². The van der Waals surface area contributed by atoms with Crippen molar-refractivity contribution < 1.29 is 17.9 Å². The topological polar surface area (TPSA) is 79.3 Å². The zero-order chi connectivity index (χ0) is 27.4. The summed E-state index contributed by atoms with van der Waals surface area (Å²) in [4.78, 5) is 17.9. The molecule has 1 spiro atoms. The molecule has 0 aliphatic carbocycles. The number of amides is 1. The van der Waals surface area contributed by atoms with Gasteiger partial charge in [0.25, 0.3) is 15.9 Å². The van der Waals surface area contributed by atoms with Crippen LogP contribution in [0.5, 0.6) is 5.75 Å². The molecule has 2 heterocycles. The summed E-state index contributed by atoms with van der Waals surface area (Å²) in [5.74, 6) is 0.138. The van der Waals surface area contributed by atoms with Gasteiger partial charge in [0.15, 0.2) is 5.54 Å². The van der Waals surface area contributed by atoms with Crippen LogP contribution < -0.4 is 14.5 Å². The number of methoxy groups -OCH3 is 1. The van der Waals surface area contributed by atoms with Gasteiger partial charge in [0.1, 0.15) is 11.6 Å². The fourth-order valence-electron chi connectivity index (χ4n) is 5.71. The van der Waals surface area contributed by atoms with Gasteiger partial charge in [0.05, 0.1) is 17.9 Å². The van der Waals surface area contributed by atoms with Crippen molar-refractivity contribution in [3.8, 4) is 5.75 Å². The molecule has 0 N–H and O–H groups in total. The standard InChI is InChI=1S/C31H27N3O4S/c1-21-13-19-25(20-14-21)39(36,37)32-29-28(22-9-5-4-6-10-22)31(34(29)23-15-17-24(38-3)18-16-23)26-11-7-8-12-27(26)33(2)30(31)35/h4-20,28H,1-3H3/b32-29+/t28-,31+/m0/s1. The lowest BCUT2D eigenvalue weighted by molar-refractivity contribution is -0.123. The van der Waals surface area contributed by atoms with Gasteiger partial charge in [-0.2, -0.15) is 8.42 Å². The van der Waals surface area contributed by atoms with E-state index in [-0.39, 0.29) is 16.6 Å². The van der Waals surface area contributed by atoms with E-state index < -0.39 is 21.5 Å². The number of aryl methyl sites for hydroxylation is 1. The van der Waals surface area contributed by atoms with Crippen LogP contribution in [0.3, 0.4) is 0 Å². The summed E-state index contributed by atoms with van der Waals surface area (Å²) < 4.78 is 37.1. The molecule has 7 nitrogen and oxygen atoms in total. The van der Waals surface area contributed by atoms with E-state index in [0.717, 1.165) is 22.4 Å². The number of benzene rings is 4. The zero-order valence-corrected chi connectivity index (χ0v) is 22.6. The third-order valence-corrected chi connectivity index (χ3v) is 8.86. The average molecular weight is 538 g/mol. The first kappa shape index (κ1) is 24.9. The van der Waals surface area contributed by atoms with Crippen LogP contribution in [0.25, 0.3) is 0 Å². The summed E-state index contributed by atoms with van der Waals surface area (Å²) in [6, 6.07) is 31.0. The number of fused-ring (bicyclic) bond motifs is 2. The van der Waals surface area contributed by atoms with Crippen LogP contribution in [0.15, 0.2) is 112 Å². The number of anilines is 2. The first-order valence-corrected chi connectivity index (χ1v) is 14.0. The predicted octanol–water partition coefficient (Wildman–Crippen LogP) is 5.27. The summed E-state index contributed by atoms with van der Waals surface area (Å²) in [7, 11) is -0.756. The molecule has 6 rings (SSSR count). The maximum Gasteiger partial charge on any atom is 0.283 e. The molecule has 0 radical (unpaired) electrons. The van der Waals surface area contributed by atoms with Crippen molar-refractivity contribution >= 4 is 33.1 Å². The number of likely N-dealkylation sites (N-methyl/N-ethyl adjacent to an activating group) is 1. The molecule has 1 fully saturated rings. The molecule has 2 aliphatic heterocycles. The first-order chi connectivity index (χ1) is 18.8. The van der Waals surface area contributed by atoms with Crippen LogP contribution in [-0.4, -0.2) is 34.3 Å². The number of hydrogen-bond donors (Lipinski definition) is 0. The Bertz CT molecular complexity index is 1700. The van der Waals surface area contributed by atoms with Crippen LogP contribution in [0.2, 0.25) is 0 Å². The van der Waals surface area contributed by atoms with Gasteiger partial charge in [0.2, 0.25) is 0 Å². The van der Waals surface area contributed by atoms with Gasteiger partial charge in [-0.25, -0.2) is 0 Å². The Balaban J connectivity index is 1.64. The van der Waals surface area contributed by atoms with Crippen molar-refractivity contribution in [1.29, 1.82) is 0 Å². The van der Waals surface area contributed by atoms with Gasteiger partial charge in [-0.15, -0.1) is 4.40 Å². The van der Waals surface area contributed by atoms with Crippen molar-refractivity contribution in [1.82, 2.24) is 0 Å². The molecular formula is C31H27N3O4S. The summed E-state index contributed by atoms with van der Waals surface area (Å²) in [6.07, 6.45) is 0. The van der Waals surface area contributed by atoms with E-state index in [4.69, 9.17) is 4.74 Å². The van der Waals surface area contributed by atoms with Crippen molar-refractivity contribution in [2.75, 3.05) is 24.0 Å². The van der Waals surface area contributed by atoms with E-state index in [0.29, 0.717) is 11.4 Å². The Morgan fingerprint density at radius 2 is 1.49 bits per heavy atom. The van der Waals surface area contributed by atoms with Gasteiger partial charge in [-0.1, -0.05) is 66.2 Å². The second-order valence-corrected chi connectivity index (χ2v) is 11.4. The van der Waals surface area contributed by atoms with E-state index in [2.05, 4.69) is 4.40 Å². The zero-order valence-electron chi connectivity index (χ0n) is 21.8. The summed E-state index contributed by atoms with van der Waals surface area (Å²) in [6.45, 7) is 1.90. The molecule has 1 amide bonds. The number of sulfonamides is 1. The van der Waals surface area contributed by atoms with Crippen LogP contribution in [0.1, 0.15) is 22.6 Å². The van der Waals surface area contributed by atoms with Crippen LogP contribution >= 0.6 is 0 Å². The van der Waals surface area contributed by atoms with E-state index in [1.165, 1.54) is 0 Å². The van der Waals surface area contributed by atoms with Gasteiger partial charge in [-0.05, 0) is 55.0 Å². The predicted molar refractivity (Wildman–Crippen MR) is 152 cm³/mol. The average Bonchev–Trinajstić information content (AvgIpc) is 3.18. The lowest BCUT2D eigenvalue weighted by atomic mass is 9.65. The largest absolute Gasteiger partial charge is 0.497 e. The molecule has 0 aromatic heterocycles. The van der Waals surface area contributed by atoms with Crippen molar-refractivity contribution in [2.24, 2.45) is 4.40 Å². The quantitative estimate of drug-likeness (QED) is 0.347. The van der Waals surface area contributed by atoms with Gasteiger partial charge >= 0.3 is 0 Å². The molecule has 0 unspecified atom stereocenters. The van der Waals surface area contributed by atoms with Crippen molar-refractivity contribution in [2.45, 2.75) is 23.3 Å². The highest BCUT2D eigenvalue weighted by Gasteiger charge is 2.69. The molecular weight excluding hydrogens is 510 g/mol. The fourth-order valence-corrected chi connectivity index (χ4v) is 6.72.